The fourth-order valence-electron chi connectivity index (χ4n) is 5.64. The molecule has 0 aromatic heterocycles. The summed E-state index contributed by atoms with van der Waals surface area (Å²) in [5.41, 5.74) is 4.20. The van der Waals surface area contributed by atoms with Gasteiger partial charge in [0.1, 0.15) is 0 Å². The van der Waals surface area contributed by atoms with E-state index in [9.17, 15) is 4.79 Å². The Morgan fingerprint density at radius 2 is 1.93 bits per heavy atom. The van der Waals surface area contributed by atoms with E-state index in [0.717, 1.165) is 42.8 Å². The van der Waals surface area contributed by atoms with Crippen LogP contribution in [0.4, 0.5) is 5.69 Å². The average Bonchev–Trinajstić information content (AvgIpc) is 3.36. The van der Waals surface area contributed by atoms with E-state index in [0.29, 0.717) is 6.04 Å². The fraction of sp³-hybridized carbons (Fsp3) is 0.375. The van der Waals surface area contributed by atoms with Crippen LogP contribution in [0.1, 0.15) is 31.7 Å². The number of anilines is 1. The van der Waals surface area contributed by atoms with Gasteiger partial charge in [0.2, 0.25) is 0 Å². The molecule has 2 aliphatic heterocycles. The minimum atomic E-state index is -0.188. The monoisotopic (exact) mass is 454 g/mol. The average molecular weight is 453 g/mol. The van der Waals surface area contributed by atoms with Gasteiger partial charge in [-0.2, -0.15) is 0 Å². The topological polar surface area (TPSA) is 50.4 Å². The van der Waals surface area contributed by atoms with Crippen molar-refractivity contribution < 1.29 is 9.53 Å². The molecule has 3 aliphatic rings. The number of methoxy groups -OCH3 is 1. The van der Waals surface area contributed by atoms with Crippen LogP contribution in [0, 0.1) is 0 Å². The van der Waals surface area contributed by atoms with E-state index in [1.807, 2.05) is 0 Å². The number of esters is 1. The van der Waals surface area contributed by atoms with Gasteiger partial charge in [0.25, 0.3) is 0 Å². The van der Waals surface area contributed by atoms with Crippen molar-refractivity contribution in [2.75, 3.05) is 19.0 Å². The van der Waals surface area contributed by atoms with Crippen molar-refractivity contribution >= 4 is 31.1 Å². The van der Waals surface area contributed by atoms with Crippen molar-refractivity contribution in [3.8, 4) is 0 Å². The summed E-state index contributed by atoms with van der Waals surface area (Å²) in [6.45, 7) is 3.25. The number of ether oxygens (including phenoxy) is 1. The molecule has 3 atom stereocenters. The van der Waals surface area contributed by atoms with E-state index < -0.39 is 0 Å². The predicted octanol–water partition coefficient (Wildman–Crippen LogP) is 3.14. The van der Waals surface area contributed by atoms with E-state index in [1.165, 1.54) is 17.1 Å². The van der Waals surface area contributed by atoms with Crippen LogP contribution in [0.3, 0.4) is 0 Å². The van der Waals surface area contributed by atoms with Crippen LogP contribution in [0.2, 0.25) is 4.31 Å². The van der Waals surface area contributed by atoms with Gasteiger partial charge in [-0.05, 0) is 0 Å². The number of fused-ring (bicyclic) bond motifs is 1. The molecule has 2 N–H and O–H groups in total. The summed E-state index contributed by atoms with van der Waals surface area (Å²) in [5.74, 6) is -0.188. The van der Waals surface area contributed by atoms with Gasteiger partial charge >= 0.3 is 178 Å². The molecule has 0 bridgehead atoms. The SMILES string of the molecule is CC[C@@]1([Se]c2ccccc2)CC(C(=O)OC)=C2Nc3ccccc3[C@@]23CCN[C@@H]13. The third kappa shape index (κ3) is 2.64. The molecule has 1 fully saturated rings. The van der Waals surface area contributed by atoms with Gasteiger partial charge in [-0.1, -0.05) is 0 Å². The predicted molar refractivity (Wildman–Crippen MR) is 117 cm³/mol. The molecule has 0 unspecified atom stereocenters. The number of para-hydroxylation sites is 1. The first kappa shape index (κ1) is 18.9. The van der Waals surface area contributed by atoms with Crippen LogP contribution >= 0.6 is 0 Å². The minimum absolute atomic E-state index is 0.0109. The van der Waals surface area contributed by atoms with Gasteiger partial charge in [0.05, 0.1) is 0 Å². The van der Waals surface area contributed by atoms with Crippen LogP contribution in [-0.4, -0.2) is 40.6 Å². The molecule has 1 aliphatic carbocycles. The number of rotatable bonds is 4. The van der Waals surface area contributed by atoms with Gasteiger partial charge in [-0.15, -0.1) is 0 Å². The van der Waals surface area contributed by atoms with Gasteiger partial charge in [0.15, 0.2) is 0 Å². The van der Waals surface area contributed by atoms with E-state index in [2.05, 4.69) is 72.2 Å². The summed E-state index contributed by atoms with van der Waals surface area (Å²) in [6.07, 6.45) is 2.78. The molecule has 1 spiro atoms. The van der Waals surface area contributed by atoms with Crippen molar-refractivity contribution in [1.82, 2.24) is 5.32 Å². The molecule has 0 amide bonds. The van der Waals surface area contributed by atoms with E-state index >= 15 is 0 Å². The molecule has 2 heterocycles. The van der Waals surface area contributed by atoms with Crippen molar-refractivity contribution in [2.45, 2.75) is 42.0 Å². The number of carbonyl (C=O) groups excluding carboxylic acids is 1. The first-order valence-corrected chi connectivity index (χ1v) is 12.0. The molecule has 5 heteroatoms. The molecule has 150 valence electrons. The first-order chi connectivity index (χ1) is 14.1. The maximum atomic E-state index is 13.0. The van der Waals surface area contributed by atoms with Crippen molar-refractivity contribution in [1.29, 1.82) is 0 Å². The molecule has 0 saturated carbocycles. The second kappa shape index (κ2) is 7.01. The summed E-state index contributed by atoms with van der Waals surface area (Å²) in [7, 11) is 1.50. The number of hydrogen-bond acceptors (Lipinski definition) is 4. The zero-order chi connectivity index (χ0) is 20.1. The summed E-state index contributed by atoms with van der Waals surface area (Å²) in [4.78, 5) is 13.0. The van der Waals surface area contributed by atoms with E-state index in [4.69, 9.17) is 4.74 Å². The summed E-state index contributed by atoms with van der Waals surface area (Å²) < 4.78 is 6.68. The third-order valence-corrected chi connectivity index (χ3v) is 10.2. The Labute approximate surface area is 178 Å². The van der Waals surface area contributed by atoms with Crippen molar-refractivity contribution in [2.24, 2.45) is 0 Å². The third-order valence-electron chi connectivity index (χ3n) is 6.87. The summed E-state index contributed by atoms with van der Waals surface area (Å²) in [6, 6.07) is 19.6. The zero-order valence-corrected chi connectivity index (χ0v) is 18.5. The molecule has 1 saturated heterocycles. The standard InChI is InChI=1S/C24H26N2O2Se/c1-3-23(29-16-9-5-4-6-10-16)15-17(21(27)28-2)20-24(13-14-25-22(23)24)18-11-7-8-12-19(18)26-20/h4-12,22,25-26H,3,13-15H2,1-2H3/t22-,23+,24-/m0/s1. The van der Waals surface area contributed by atoms with Crippen LogP contribution in [-0.2, 0) is 14.9 Å². The van der Waals surface area contributed by atoms with Gasteiger partial charge in [0, 0.05) is 0 Å². The maximum absolute atomic E-state index is 13.0. The number of hydrogen-bond donors (Lipinski definition) is 2. The van der Waals surface area contributed by atoms with Crippen molar-refractivity contribution in [3.63, 3.8) is 0 Å². The fourth-order valence-corrected chi connectivity index (χ4v) is 8.84. The Morgan fingerprint density at radius 3 is 2.69 bits per heavy atom. The molecule has 0 radical (unpaired) electrons. The molecule has 2 aromatic carbocycles. The van der Waals surface area contributed by atoms with Gasteiger partial charge in [-0.3, -0.25) is 0 Å². The Hall–Kier alpha value is -2.07. The quantitative estimate of drug-likeness (QED) is 0.552. The first-order valence-electron chi connectivity index (χ1n) is 10.3. The van der Waals surface area contributed by atoms with E-state index in [-0.39, 0.29) is 30.7 Å². The number of carbonyl (C=O) groups is 1. The molecule has 2 aromatic rings. The molecular formula is C24H26N2O2Se. The molecule has 5 rings (SSSR count). The summed E-state index contributed by atoms with van der Waals surface area (Å²) >= 11 is 0.223. The molecule has 29 heavy (non-hydrogen) atoms. The van der Waals surface area contributed by atoms with Crippen LogP contribution in [0.5, 0.6) is 0 Å². The molecule has 4 nitrogen and oxygen atoms in total. The zero-order valence-electron chi connectivity index (χ0n) is 16.8. The van der Waals surface area contributed by atoms with Crippen LogP contribution in [0.25, 0.3) is 0 Å². The Balaban J connectivity index is 1.73. The number of benzene rings is 2. The number of nitrogens with one attached hydrogen (secondary N) is 2. The van der Waals surface area contributed by atoms with E-state index in [1.54, 1.807) is 0 Å². The second-order valence-corrected chi connectivity index (χ2v) is 11.3. The van der Waals surface area contributed by atoms with Gasteiger partial charge in [-0.25, -0.2) is 0 Å². The van der Waals surface area contributed by atoms with Gasteiger partial charge < -0.3 is 0 Å². The normalized spacial score (nSPS) is 29.7. The molecular weight excluding hydrogens is 427 g/mol. The Kier molecular flexibility index (Phi) is 4.58. The van der Waals surface area contributed by atoms with Crippen LogP contribution in [0.15, 0.2) is 65.9 Å². The summed E-state index contributed by atoms with van der Waals surface area (Å²) in [5, 5.41) is 7.53. The van der Waals surface area contributed by atoms with Crippen molar-refractivity contribution in [3.05, 3.63) is 71.4 Å². The Morgan fingerprint density at radius 1 is 1.17 bits per heavy atom. The Bertz CT molecular complexity index is 989. The second-order valence-electron chi connectivity index (χ2n) is 8.13. The van der Waals surface area contributed by atoms with Crippen LogP contribution < -0.4 is 15.1 Å².